The lowest BCUT2D eigenvalue weighted by Gasteiger charge is -2.41. The Bertz CT molecular complexity index is 250. The van der Waals surface area contributed by atoms with Crippen LogP contribution in [0.5, 0.6) is 0 Å². The predicted molar refractivity (Wildman–Crippen MR) is 64.6 cm³/mol. The predicted octanol–water partition coefficient (Wildman–Crippen LogP) is 0.927. The standard InChI is InChI=1S/C11H20N2O2.ClH/c1-13(9-3-2-4-9)10(14)11(12)5-7-15-8-6-11;/h9H,2-8,12H2,1H3;1H. The van der Waals surface area contributed by atoms with E-state index in [1.165, 1.54) is 6.42 Å². The van der Waals surface area contributed by atoms with Crippen LogP contribution in [-0.4, -0.2) is 42.6 Å². The SMILES string of the molecule is CN(C(=O)C1(N)CCOCC1)C1CCC1.Cl. The lowest BCUT2D eigenvalue weighted by atomic mass is 9.86. The number of nitrogens with zero attached hydrogens (tertiary/aromatic N) is 1. The van der Waals surface area contributed by atoms with Crippen molar-refractivity contribution in [3.05, 3.63) is 0 Å². The lowest BCUT2D eigenvalue weighted by Crippen LogP contribution is -2.59. The number of amides is 1. The molecule has 5 heteroatoms. The van der Waals surface area contributed by atoms with E-state index in [-0.39, 0.29) is 18.3 Å². The molecule has 0 radical (unpaired) electrons. The number of halogens is 1. The molecule has 1 saturated carbocycles. The molecule has 2 N–H and O–H groups in total. The van der Waals surface area contributed by atoms with E-state index in [2.05, 4.69) is 0 Å². The van der Waals surface area contributed by atoms with Gasteiger partial charge < -0.3 is 15.4 Å². The molecule has 94 valence electrons. The van der Waals surface area contributed by atoms with Crippen molar-refractivity contribution in [1.29, 1.82) is 0 Å². The molecule has 2 aliphatic rings. The summed E-state index contributed by atoms with van der Waals surface area (Å²) < 4.78 is 5.24. The van der Waals surface area contributed by atoms with Crippen LogP contribution in [0.3, 0.4) is 0 Å². The Hall–Kier alpha value is -0.320. The molecule has 0 aromatic heterocycles. The topological polar surface area (TPSA) is 55.6 Å². The highest BCUT2D eigenvalue weighted by Crippen LogP contribution is 2.27. The smallest absolute Gasteiger partial charge is 0.242 e. The number of hydrogen-bond acceptors (Lipinski definition) is 3. The first-order chi connectivity index (χ1) is 7.13. The summed E-state index contributed by atoms with van der Waals surface area (Å²) in [5.74, 6) is 0.107. The Morgan fingerprint density at radius 3 is 2.38 bits per heavy atom. The maximum absolute atomic E-state index is 12.2. The quantitative estimate of drug-likeness (QED) is 0.791. The van der Waals surface area contributed by atoms with E-state index in [9.17, 15) is 4.79 Å². The van der Waals surface area contributed by atoms with Gasteiger partial charge >= 0.3 is 0 Å². The minimum absolute atomic E-state index is 0. The van der Waals surface area contributed by atoms with Crippen molar-refractivity contribution in [3.8, 4) is 0 Å². The monoisotopic (exact) mass is 248 g/mol. The van der Waals surface area contributed by atoms with Gasteiger partial charge in [-0.05, 0) is 32.1 Å². The Labute approximate surface area is 103 Å². The second-order valence-electron chi connectivity index (χ2n) is 4.77. The van der Waals surface area contributed by atoms with Crippen LogP contribution in [0.15, 0.2) is 0 Å². The molecule has 0 spiro atoms. The molecule has 1 aliphatic carbocycles. The van der Waals surface area contributed by atoms with E-state index in [1.54, 1.807) is 0 Å². The molecule has 2 fully saturated rings. The van der Waals surface area contributed by atoms with Gasteiger partial charge in [0.1, 0.15) is 0 Å². The molecular formula is C11H21ClN2O2. The van der Waals surface area contributed by atoms with Gasteiger partial charge in [0.25, 0.3) is 0 Å². The summed E-state index contributed by atoms with van der Waals surface area (Å²) in [5, 5.41) is 0. The minimum Gasteiger partial charge on any atom is -0.381 e. The molecule has 1 heterocycles. The normalized spacial score (nSPS) is 24.1. The second-order valence-corrected chi connectivity index (χ2v) is 4.77. The van der Waals surface area contributed by atoms with Crippen LogP contribution in [0.25, 0.3) is 0 Å². The molecular weight excluding hydrogens is 228 g/mol. The van der Waals surface area contributed by atoms with Crippen LogP contribution in [0, 0.1) is 0 Å². The van der Waals surface area contributed by atoms with Crippen molar-refractivity contribution >= 4 is 18.3 Å². The highest BCUT2D eigenvalue weighted by atomic mass is 35.5. The molecule has 1 saturated heterocycles. The number of likely N-dealkylation sites (N-methyl/N-ethyl adjacent to an activating group) is 1. The summed E-state index contributed by atoms with van der Waals surface area (Å²) >= 11 is 0. The first-order valence-electron chi connectivity index (χ1n) is 5.77. The Balaban J connectivity index is 0.00000128. The molecule has 4 nitrogen and oxygen atoms in total. The molecule has 0 unspecified atom stereocenters. The van der Waals surface area contributed by atoms with Crippen molar-refractivity contribution in [2.75, 3.05) is 20.3 Å². The van der Waals surface area contributed by atoms with Crippen LogP contribution >= 0.6 is 12.4 Å². The van der Waals surface area contributed by atoms with Crippen LogP contribution in [0.2, 0.25) is 0 Å². The first-order valence-corrected chi connectivity index (χ1v) is 5.77. The molecule has 2 rings (SSSR count). The molecule has 1 amide bonds. The van der Waals surface area contributed by atoms with E-state index in [0.717, 1.165) is 12.8 Å². The number of carbonyl (C=O) groups excluding carboxylic acids is 1. The summed E-state index contributed by atoms with van der Waals surface area (Å²) in [7, 11) is 1.89. The number of carbonyl (C=O) groups is 1. The van der Waals surface area contributed by atoms with Gasteiger partial charge in [-0.25, -0.2) is 0 Å². The van der Waals surface area contributed by atoms with Crippen LogP contribution in [0.4, 0.5) is 0 Å². The summed E-state index contributed by atoms with van der Waals surface area (Å²) in [6, 6.07) is 0.431. The molecule has 0 bridgehead atoms. The Morgan fingerprint density at radius 1 is 1.38 bits per heavy atom. The number of nitrogens with two attached hydrogens (primary N) is 1. The average Bonchev–Trinajstić information content (AvgIpc) is 2.15. The van der Waals surface area contributed by atoms with Crippen LogP contribution in [-0.2, 0) is 9.53 Å². The third-order valence-corrected chi connectivity index (χ3v) is 3.75. The van der Waals surface area contributed by atoms with Crippen molar-refractivity contribution < 1.29 is 9.53 Å². The van der Waals surface area contributed by atoms with Gasteiger partial charge in [-0.1, -0.05) is 0 Å². The van der Waals surface area contributed by atoms with Gasteiger partial charge in [-0.3, -0.25) is 4.79 Å². The van der Waals surface area contributed by atoms with Gasteiger partial charge in [0.05, 0.1) is 5.54 Å². The van der Waals surface area contributed by atoms with Crippen molar-refractivity contribution in [2.45, 2.75) is 43.7 Å². The zero-order chi connectivity index (χ0) is 10.9. The summed E-state index contributed by atoms with van der Waals surface area (Å²) in [6.07, 6.45) is 4.82. The van der Waals surface area contributed by atoms with Gasteiger partial charge in [0.15, 0.2) is 0 Å². The third kappa shape index (κ3) is 2.50. The molecule has 1 aliphatic heterocycles. The minimum atomic E-state index is -0.664. The van der Waals surface area contributed by atoms with Gasteiger partial charge in [-0.15, -0.1) is 12.4 Å². The van der Waals surface area contributed by atoms with Crippen LogP contribution < -0.4 is 5.73 Å². The van der Waals surface area contributed by atoms with E-state index < -0.39 is 5.54 Å². The lowest BCUT2D eigenvalue weighted by molar-refractivity contribution is -0.142. The molecule has 0 aromatic rings. The van der Waals surface area contributed by atoms with E-state index in [4.69, 9.17) is 10.5 Å². The Morgan fingerprint density at radius 2 is 1.94 bits per heavy atom. The van der Waals surface area contributed by atoms with Gasteiger partial charge in [-0.2, -0.15) is 0 Å². The molecule has 0 aromatic carbocycles. The summed E-state index contributed by atoms with van der Waals surface area (Å²) in [6.45, 7) is 1.22. The second kappa shape index (κ2) is 5.34. The Kier molecular flexibility index (Phi) is 4.59. The largest absolute Gasteiger partial charge is 0.381 e. The van der Waals surface area contributed by atoms with Crippen molar-refractivity contribution in [1.82, 2.24) is 4.90 Å². The zero-order valence-electron chi connectivity index (χ0n) is 9.78. The highest BCUT2D eigenvalue weighted by Gasteiger charge is 2.40. The molecule has 16 heavy (non-hydrogen) atoms. The van der Waals surface area contributed by atoms with Crippen molar-refractivity contribution in [2.24, 2.45) is 5.73 Å². The third-order valence-electron chi connectivity index (χ3n) is 3.75. The van der Waals surface area contributed by atoms with E-state index in [1.807, 2.05) is 11.9 Å². The zero-order valence-corrected chi connectivity index (χ0v) is 10.6. The maximum atomic E-state index is 12.2. The average molecular weight is 249 g/mol. The first kappa shape index (κ1) is 13.7. The fourth-order valence-electron chi connectivity index (χ4n) is 2.24. The van der Waals surface area contributed by atoms with Crippen molar-refractivity contribution in [3.63, 3.8) is 0 Å². The summed E-state index contributed by atoms with van der Waals surface area (Å²) in [4.78, 5) is 14.1. The van der Waals surface area contributed by atoms with Crippen LogP contribution in [0.1, 0.15) is 32.1 Å². The number of rotatable bonds is 2. The maximum Gasteiger partial charge on any atom is 0.242 e. The molecule has 0 atom stereocenters. The van der Waals surface area contributed by atoms with Gasteiger partial charge in [0, 0.05) is 26.3 Å². The van der Waals surface area contributed by atoms with E-state index in [0.29, 0.717) is 32.1 Å². The number of ether oxygens (including phenoxy) is 1. The van der Waals surface area contributed by atoms with Gasteiger partial charge in [0.2, 0.25) is 5.91 Å². The fraction of sp³-hybridized carbons (Fsp3) is 0.909. The van der Waals surface area contributed by atoms with E-state index >= 15 is 0 Å². The highest BCUT2D eigenvalue weighted by molar-refractivity contribution is 5.86. The summed E-state index contributed by atoms with van der Waals surface area (Å²) in [5.41, 5.74) is 5.48. The number of hydrogen-bond donors (Lipinski definition) is 1. The fourth-order valence-corrected chi connectivity index (χ4v) is 2.24.